The van der Waals surface area contributed by atoms with E-state index in [2.05, 4.69) is 119 Å². The maximum Gasteiger partial charge on any atom is 0.254 e. The lowest BCUT2D eigenvalue weighted by molar-refractivity contribution is 0.0627. The molecule has 0 N–H and O–H groups in total. The number of benzene rings is 2. The number of nitrogens with zero attached hydrogens (tertiary/aromatic N) is 3. The number of likely N-dealkylation sites (N-methyl/N-ethyl adjacent to an activating group) is 1. The number of fused-ring (bicyclic) bond motifs is 1. The maximum absolute atomic E-state index is 14.5. The second kappa shape index (κ2) is 14.2. The molecule has 0 aromatic heterocycles. The van der Waals surface area contributed by atoms with Gasteiger partial charge in [-0.25, -0.2) is 0 Å². The Bertz CT molecular complexity index is 1230. The van der Waals surface area contributed by atoms with Gasteiger partial charge in [0.05, 0.1) is 0 Å². The second-order valence-corrected chi connectivity index (χ2v) is 13.6. The van der Waals surface area contributed by atoms with Crippen LogP contribution in [0.4, 0.5) is 0 Å². The van der Waals surface area contributed by atoms with E-state index < -0.39 is 0 Å². The number of carbonyl (C=O) groups excluding carboxylic acids is 2. The Kier molecular flexibility index (Phi) is 11.4. The normalized spacial score (nSPS) is 15.0. The Morgan fingerprint density at radius 2 is 1.21 bits per heavy atom. The Morgan fingerprint density at radius 3 is 1.71 bits per heavy atom. The molecule has 1 aliphatic rings. The topological polar surface area (TPSA) is 43.9 Å². The van der Waals surface area contributed by atoms with Crippen molar-refractivity contribution in [2.24, 2.45) is 0 Å². The summed E-state index contributed by atoms with van der Waals surface area (Å²) < 4.78 is 0. The lowest BCUT2D eigenvalue weighted by atomic mass is 9.78. The minimum atomic E-state index is -0.0867. The lowest BCUT2D eigenvalue weighted by Gasteiger charge is -2.38. The zero-order chi connectivity index (χ0) is 31.5. The SMILES string of the molecule is CCc1cccc([C@H]([C@@H](C)c2ccc3c(c2C(=O)N(C(C)C)C(C)C)CCCC3)N(C)C)c1C(=O)N(C(C)C)C(C)C. The van der Waals surface area contributed by atoms with Gasteiger partial charge in [0, 0.05) is 47.3 Å². The summed E-state index contributed by atoms with van der Waals surface area (Å²) >= 11 is 0. The molecule has 0 saturated carbocycles. The minimum Gasteiger partial charge on any atom is -0.334 e. The first-order valence-electron chi connectivity index (χ1n) is 16.3. The van der Waals surface area contributed by atoms with Crippen LogP contribution in [0.3, 0.4) is 0 Å². The third-order valence-corrected chi connectivity index (χ3v) is 9.09. The monoisotopic (exact) mass is 575 g/mol. The van der Waals surface area contributed by atoms with Crippen LogP contribution < -0.4 is 0 Å². The van der Waals surface area contributed by atoms with Crippen molar-refractivity contribution in [2.75, 3.05) is 14.1 Å². The fourth-order valence-electron chi connectivity index (χ4n) is 7.45. The second-order valence-electron chi connectivity index (χ2n) is 13.6. The molecule has 2 amide bonds. The van der Waals surface area contributed by atoms with Gasteiger partial charge in [0.2, 0.25) is 0 Å². The van der Waals surface area contributed by atoms with Crippen LogP contribution in [0.1, 0.15) is 143 Å². The Morgan fingerprint density at radius 1 is 0.690 bits per heavy atom. The van der Waals surface area contributed by atoms with E-state index in [0.29, 0.717) is 0 Å². The van der Waals surface area contributed by atoms with E-state index >= 15 is 0 Å². The van der Waals surface area contributed by atoms with Crippen molar-refractivity contribution in [1.82, 2.24) is 14.7 Å². The molecular weight excluding hydrogens is 518 g/mol. The van der Waals surface area contributed by atoms with Crippen molar-refractivity contribution in [3.8, 4) is 0 Å². The number of aryl methyl sites for hydroxylation is 2. The highest BCUT2D eigenvalue weighted by molar-refractivity contribution is 5.99. The van der Waals surface area contributed by atoms with Gasteiger partial charge in [-0.15, -0.1) is 0 Å². The van der Waals surface area contributed by atoms with E-state index in [-0.39, 0.29) is 47.9 Å². The van der Waals surface area contributed by atoms with Crippen LogP contribution in [0.2, 0.25) is 0 Å². The molecule has 0 radical (unpaired) electrons. The van der Waals surface area contributed by atoms with E-state index in [4.69, 9.17) is 0 Å². The average Bonchev–Trinajstić information content (AvgIpc) is 2.91. The predicted octanol–water partition coefficient (Wildman–Crippen LogP) is 8.05. The third-order valence-electron chi connectivity index (χ3n) is 9.09. The summed E-state index contributed by atoms with van der Waals surface area (Å²) in [6.45, 7) is 21.2. The molecular formula is C37H57N3O2. The first-order chi connectivity index (χ1) is 19.7. The van der Waals surface area contributed by atoms with Gasteiger partial charge in [-0.3, -0.25) is 9.59 Å². The van der Waals surface area contributed by atoms with Gasteiger partial charge >= 0.3 is 0 Å². The molecule has 0 spiro atoms. The van der Waals surface area contributed by atoms with Gasteiger partial charge in [-0.05, 0) is 129 Å². The van der Waals surface area contributed by atoms with Crippen molar-refractivity contribution in [1.29, 1.82) is 0 Å². The van der Waals surface area contributed by atoms with Crippen LogP contribution in [0, 0.1) is 0 Å². The van der Waals surface area contributed by atoms with Crippen molar-refractivity contribution in [3.05, 3.63) is 69.3 Å². The minimum absolute atomic E-state index is 0.0162. The molecule has 3 rings (SSSR count). The summed E-state index contributed by atoms with van der Waals surface area (Å²) in [6.07, 6.45) is 5.05. The number of hydrogen-bond acceptors (Lipinski definition) is 3. The zero-order valence-electron chi connectivity index (χ0n) is 28.5. The first kappa shape index (κ1) is 33.8. The molecule has 0 bridgehead atoms. The smallest absolute Gasteiger partial charge is 0.254 e. The summed E-state index contributed by atoms with van der Waals surface area (Å²) in [5.74, 6) is 0.221. The third kappa shape index (κ3) is 6.77. The van der Waals surface area contributed by atoms with Crippen LogP contribution >= 0.6 is 0 Å². The van der Waals surface area contributed by atoms with Gasteiger partial charge in [0.1, 0.15) is 0 Å². The van der Waals surface area contributed by atoms with E-state index in [1.165, 1.54) is 17.5 Å². The number of amides is 2. The summed E-state index contributed by atoms with van der Waals surface area (Å²) in [4.78, 5) is 35.2. The molecule has 0 fully saturated rings. The van der Waals surface area contributed by atoms with Crippen LogP contribution in [0.15, 0.2) is 30.3 Å². The molecule has 2 aromatic rings. The van der Waals surface area contributed by atoms with Crippen LogP contribution in [0.5, 0.6) is 0 Å². The maximum atomic E-state index is 14.5. The molecule has 0 saturated heterocycles. The van der Waals surface area contributed by atoms with E-state index in [1.54, 1.807) is 0 Å². The van der Waals surface area contributed by atoms with Gasteiger partial charge < -0.3 is 14.7 Å². The van der Waals surface area contributed by atoms with Crippen LogP contribution in [-0.2, 0) is 19.3 Å². The fraction of sp³-hybridized carbons (Fsp3) is 0.622. The number of carbonyl (C=O) groups is 2. The van der Waals surface area contributed by atoms with Gasteiger partial charge in [-0.2, -0.15) is 0 Å². The highest BCUT2D eigenvalue weighted by Gasteiger charge is 2.36. The van der Waals surface area contributed by atoms with E-state index in [1.807, 2.05) is 9.80 Å². The molecule has 0 aliphatic heterocycles. The van der Waals surface area contributed by atoms with Gasteiger partial charge in [-0.1, -0.05) is 44.2 Å². The average molecular weight is 576 g/mol. The summed E-state index contributed by atoms with van der Waals surface area (Å²) in [6, 6.07) is 11.1. The Balaban J connectivity index is 2.29. The fourth-order valence-corrected chi connectivity index (χ4v) is 7.45. The molecule has 1 aliphatic carbocycles. The summed E-state index contributed by atoms with van der Waals surface area (Å²) in [7, 11) is 4.20. The van der Waals surface area contributed by atoms with Crippen LogP contribution in [0.25, 0.3) is 0 Å². The zero-order valence-corrected chi connectivity index (χ0v) is 28.5. The summed E-state index contributed by atoms with van der Waals surface area (Å²) in [5.41, 5.74) is 7.51. The molecule has 5 nitrogen and oxygen atoms in total. The molecule has 2 atom stereocenters. The number of hydrogen-bond donors (Lipinski definition) is 0. The van der Waals surface area contributed by atoms with Crippen molar-refractivity contribution in [3.63, 3.8) is 0 Å². The largest absolute Gasteiger partial charge is 0.334 e. The van der Waals surface area contributed by atoms with Crippen molar-refractivity contribution < 1.29 is 9.59 Å². The van der Waals surface area contributed by atoms with E-state index in [9.17, 15) is 9.59 Å². The standard InChI is InChI=1S/C37H57N3O2/c1-13-28-18-16-20-32(33(28)36(41)39(23(2)3)24(4)5)35(38(11)12)27(10)30-22-21-29-17-14-15-19-31(29)34(30)37(42)40(25(6)7)26(8)9/h16,18,20-27,35H,13-15,17,19H2,1-12H3/t27-,35-/m0/s1. The Hall–Kier alpha value is -2.66. The quantitative estimate of drug-likeness (QED) is 0.272. The molecule has 5 heteroatoms. The van der Waals surface area contributed by atoms with Gasteiger partial charge in [0.25, 0.3) is 11.8 Å². The lowest BCUT2D eigenvalue weighted by Crippen LogP contribution is -2.44. The Labute approximate surface area is 256 Å². The number of rotatable bonds is 11. The summed E-state index contributed by atoms with van der Waals surface area (Å²) in [5, 5.41) is 0. The molecule has 0 heterocycles. The molecule has 0 unspecified atom stereocenters. The molecule has 232 valence electrons. The highest BCUT2D eigenvalue weighted by Crippen LogP contribution is 2.41. The van der Waals surface area contributed by atoms with E-state index in [0.717, 1.165) is 53.5 Å². The highest BCUT2D eigenvalue weighted by atomic mass is 16.2. The molecule has 2 aromatic carbocycles. The predicted molar refractivity (Wildman–Crippen MR) is 177 cm³/mol. The molecule has 42 heavy (non-hydrogen) atoms. The van der Waals surface area contributed by atoms with Crippen molar-refractivity contribution >= 4 is 11.8 Å². The van der Waals surface area contributed by atoms with Gasteiger partial charge in [0.15, 0.2) is 0 Å². The van der Waals surface area contributed by atoms with Crippen molar-refractivity contribution in [2.45, 2.75) is 137 Å². The first-order valence-corrected chi connectivity index (χ1v) is 16.3. The van der Waals surface area contributed by atoms with Crippen LogP contribution in [-0.4, -0.2) is 64.8 Å².